The van der Waals surface area contributed by atoms with Gasteiger partial charge in [0.15, 0.2) is 4.77 Å². The quantitative estimate of drug-likeness (QED) is 0.854. The van der Waals surface area contributed by atoms with Crippen LogP contribution in [0.4, 0.5) is 0 Å². The highest BCUT2D eigenvalue weighted by Crippen LogP contribution is 2.35. The Morgan fingerprint density at radius 3 is 2.67 bits per heavy atom. The van der Waals surface area contributed by atoms with E-state index < -0.39 is 0 Å². The Kier molecular flexibility index (Phi) is 3.04. The van der Waals surface area contributed by atoms with Crippen LogP contribution in [0.15, 0.2) is 24.3 Å². The summed E-state index contributed by atoms with van der Waals surface area (Å²) in [5.74, 6) is 1.10. The monoisotopic (exact) mass is 259 g/mol. The fourth-order valence-corrected chi connectivity index (χ4v) is 2.53. The molecule has 1 fully saturated rings. The minimum Gasteiger partial charge on any atom is -0.301 e. The molecule has 0 atom stereocenters. The molecule has 0 radical (unpaired) electrons. The number of nitrogens with one attached hydrogen (secondary N) is 1. The molecule has 3 rings (SSSR count). The van der Waals surface area contributed by atoms with Gasteiger partial charge in [-0.05, 0) is 44.0 Å². The lowest BCUT2D eigenvalue weighted by Gasteiger charge is -2.05. The van der Waals surface area contributed by atoms with E-state index in [0.717, 1.165) is 23.4 Å². The van der Waals surface area contributed by atoms with Gasteiger partial charge >= 0.3 is 0 Å². The van der Waals surface area contributed by atoms with Gasteiger partial charge < -0.3 is 4.57 Å². The Balaban J connectivity index is 1.73. The Morgan fingerprint density at radius 2 is 2.00 bits per heavy atom. The molecule has 4 heteroatoms. The van der Waals surface area contributed by atoms with Gasteiger partial charge in [0.05, 0.1) is 0 Å². The van der Waals surface area contributed by atoms with E-state index in [0.29, 0.717) is 6.04 Å². The molecule has 3 nitrogen and oxygen atoms in total. The first-order chi connectivity index (χ1) is 8.74. The van der Waals surface area contributed by atoms with Crippen LogP contribution in [0.3, 0.4) is 0 Å². The third kappa shape index (κ3) is 2.38. The molecular formula is C14H17N3S. The summed E-state index contributed by atoms with van der Waals surface area (Å²) in [7, 11) is 0. The van der Waals surface area contributed by atoms with Gasteiger partial charge in [0.1, 0.15) is 5.82 Å². The van der Waals surface area contributed by atoms with Gasteiger partial charge in [-0.1, -0.05) is 29.8 Å². The van der Waals surface area contributed by atoms with Crippen molar-refractivity contribution < 1.29 is 0 Å². The molecule has 94 valence electrons. The zero-order chi connectivity index (χ0) is 12.5. The van der Waals surface area contributed by atoms with Crippen molar-refractivity contribution in [2.75, 3.05) is 0 Å². The van der Waals surface area contributed by atoms with Gasteiger partial charge in [0, 0.05) is 12.5 Å². The SMILES string of the molecule is Cc1ccc(CCc2n[nH]c(=S)n2C2CC2)cc1. The molecule has 1 heterocycles. The molecule has 2 aromatic rings. The summed E-state index contributed by atoms with van der Waals surface area (Å²) in [6, 6.07) is 9.31. The number of aromatic nitrogens is 3. The lowest BCUT2D eigenvalue weighted by Crippen LogP contribution is -2.03. The van der Waals surface area contributed by atoms with Gasteiger partial charge in [0.2, 0.25) is 0 Å². The van der Waals surface area contributed by atoms with Crippen molar-refractivity contribution in [3.05, 3.63) is 46.0 Å². The first-order valence-corrected chi connectivity index (χ1v) is 6.86. The van der Waals surface area contributed by atoms with Crippen LogP contribution in [-0.4, -0.2) is 14.8 Å². The summed E-state index contributed by atoms with van der Waals surface area (Å²) in [6.07, 6.45) is 4.45. The second kappa shape index (κ2) is 4.69. The predicted molar refractivity (Wildman–Crippen MR) is 74.3 cm³/mol. The Bertz CT molecular complexity index is 590. The van der Waals surface area contributed by atoms with Crippen LogP contribution in [0.25, 0.3) is 0 Å². The van der Waals surface area contributed by atoms with E-state index in [-0.39, 0.29) is 0 Å². The van der Waals surface area contributed by atoms with Crippen molar-refractivity contribution in [1.82, 2.24) is 14.8 Å². The van der Waals surface area contributed by atoms with Gasteiger partial charge in [-0.25, -0.2) is 0 Å². The van der Waals surface area contributed by atoms with Crippen LogP contribution in [0.5, 0.6) is 0 Å². The Labute approximate surface area is 112 Å². The summed E-state index contributed by atoms with van der Waals surface area (Å²) in [5, 5.41) is 7.28. The van der Waals surface area contributed by atoms with E-state index in [2.05, 4.69) is 46.0 Å². The number of aromatic amines is 1. The molecule has 1 aliphatic rings. The highest BCUT2D eigenvalue weighted by molar-refractivity contribution is 7.71. The van der Waals surface area contributed by atoms with E-state index in [1.165, 1.54) is 24.0 Å². The predicted octanol–water partition coefficient (Wildman–Crippen LogP) is 3.37. The van der Waals surface area contributed by atoms with Crippen LogP contribution in [0.2, 0.25) is 0 Å². The summed E-state index contributed by atoms with van der Waals surface area (Å²) < 4.78 is 2.97. The maximum atomic E-state index is 5.28. The van der Waals surface area contributed by atoms with E-state index in [1.54, 1.807) is 0 Å². The summed E-state index contributed by atoms with van der Waals surface area (Å²) in [5.41, 5.74) is 2.66. The number of rotatable bonds is 4. The van der Waals surface area contributed by atoms with Crippen LogP contribution in [-0.2, 0) is 12.8 Å². The number of H-pyrrole nitrogens is 1. The second-order valence-corrected chi connectivity index (χ2v) is 5.42. The molecule has 0 bridgehead atoms. The van der Waals surface area contributed by atoms with Crippen molar-refractivity contribution in [2.45, 2.75) is 38.6 Å². The van der Waals surface area contributed by atoms with Crippen molar-refractivity contribution in [2.24, 2.45) is 0 Å². The molecule has 0 saturated heterocycles. The molecular weight excluding hydrogens is 242 g/mol. The topological polar surface area (TPSA) is 33.6 Å². The van der Waals surface area contributed by atoms with E-state index in [9.17, 15) is 0 Å². The third-order valence-corrected chi connectivity index (χ3v) is 3.74. The fourth-order valence-electron chi connectivity index (χ4n) is 2.23. The molecule has 1 N–H and O–H groups in total. The van der Waals surface area contributed by atoms with E-state index in [1.807, 2.05) is 0 Å². The largest absolute Gasteiger partial charge is 0.301 e. The van der Waals surface area contributed by atoms with Gasteiger partial charge in [-0.2, -0.15) is 5.10 Å². The summed E-state index contributed by atoms with van der Waals surface area (Å²) in [6.45, 7) is 2.11. The van der Waals surface area contributed by atoms with Gasteiger partial charge in [0.25, 0.3) is 0 Å². The Hall–Kier alpha value is -1.42. The number of benzene rings is 1. The number of aryl methyl sites for hydroxylation is 3. The summed E-state index contributed by atoms with van der Waals surface area (Å²) >= 11 is 5.28. The zero-order valence-corrected chi connectivity index (χ0v) is 11.3. The first kappa shape index (κ1) is 11.7. The normalized spacial score (nSPS) is 14.9. The molecule has 1 aliphatic carbocycles. The maximum Gasteiger partial charge on any atom is 0.195 e. The van der Waals surface area contributed by atoms with Gasteiger partial charge in [-0.15, -0.1) is 0 Å². The summed E-state index contributed by atoms with van der Waals surface area (Å²) in [4.78, 5) is 0. The van der Waals surface area contributed by atoms with Crippen LogP contribution in [0.1, 0.15) is 35.8 Å². The standard InChI is InChI=1S/C14H17N3S/c1-10-2-4-11(5-3-10)6-9-13-15-16-14(18)17(13)12-7-8-12/h2-5,12H,6-9H2,1H3,(H,16,18). The Morgan fingerprint density at radius 1 is 1.28 bits per heavy atom. The molecule has 1 aromatic heterocycles. The number of nitrogens with zero attached hydrogens (tertiary/aromatic N) is 2. The van der Waals surface area contributed by atoms with Crippen molar-refractivity contribution in [3.63, 3.8) is 0 Å². The molecule has 0 unspecified atom stereocenters. The van der Waals surface area contributed by atoms with E-state index >= 15 is 0 Å². The molecule has 1 saturated carbocycles. The maximum absolute atomic E-state index is 5.28. The molecule has 0 aliphatic heterocycles. The number of hydrogen-bond acceptors (Lipinski definition) is 2. The molecule has 0 spiro atoms. The number of hydrogen-bond donors (Lipinski definition) is 1. The average molecular weight is 259 g/mol. The van der Waals surface area contributed by atoms with Gasteiger partial charge in [-0.3, -0.25) is 5.10 Å². The van der Waals surface area contributed by atoms with Crippen LogP contribution >= 0.6 is 12.2 Å². The molecule has 1 aromatic carbocycles. The molecule has 18 heavy (non-hydrogen) atoms. The smallest absolute Gasteiger partial charge is 0.195 e. The highest BCUT2D eigenvalue weighted by atomic mass is 32.1. The third-order valence-electron chi connectivity index (χ3n) is 3.45. The minimum atomic E-state index is 0.601. The van der Waals surface area contributed by atoms with E-state index in [4.69, 9.17) is 12.2 Å². The first-order valence-electron chi connectivity index (χ1n) is 6.45. The fraction of sp³-hybridized carbons (Fsp3) is 0.429. The second-order valence-electron chi connectivity index (χ2n) is 5.03. The molecule has 0 amide bonds. The highest BCUT2D eigenvalue weighted by Gasteiger charge is 2.26. The lowest BCUT2D eigenvalue weighted by molar-refractivity contribution is 0.666. The zero-order valence-electron chi connectivity index (χ0n) is 10.5. The average Bonchev–Trinajstić information content (AvgIpc) is 3.13. The van der Waals surface area contributed by atoms with Crippen LogP contribution < -0.4 is 0 Å². The van der Waals surface area contributed by atoms with Crippen molar-refractivity contribution in [3.8, 4) is 0 Å². The van der Waals surface area contributed by atoms with Crippen LogP contribution in [0, 0.1) is 11.7 Å². The lowest BCUT2D eigenvalue weighted by atomic mass is 10.1. The minimum absolute atomic E-state index is 0.601. The van der Waals surface area contributed by atoms with Crippen molar-refractivity contribution in [1.29, 1.82) is 0 Å². The van der Waals surface area contributed by atoms with Crippen molar-refractivity contribution >= 4 is 12.2 Å².